The fourth-order valence-corrected chi connectivity index (χ4v) is 3.04. The van der Waals surface area contributed by atoms with Gasteiger partial charge in [0, 0.05) is 16.5 Å². The first kappa shape index (κ1) is 19.0. The highest BCUT2D eigenvalue weighted by molar-refractivity contribution is 5.84. The maximum Gasteiger partial charge on any atom is 0.195 e. The number of unbranched alkanes of at least 4 members (excludes halogenated alkanes) is 3. The average molecular weight is 366 g/mol. The van der Waals surface area contributed by atoms with E-state index in [1.54, 1.807) is 12.1 Å². The van der Waals surface area contributed by atoms with Gasteiger partial charge in [0.1, 0.15) is 0 Å². The second-order valence-corrected chi connectivity index (χ2v) is 6.68. The first-order chi connectivity index (χ1) is 13.1. The summed E-state index contributed by atoms with van der Waals surface area (Å²) in [5.41, 5.74) is 2.80. The van der Waals surface area contributed by atoms with E-state index in [2.05, 4.69) is 30.9 Å². The van der Waals surface area contributed by atoms with Crippen LogP contribution in [0.25, 0.3) is 10.8 Å². The van der Waals surface area contributed by atoms with Crippen molar-refractivity contribution in [2.45, 2.75) is 39.0 Å². The van der Waals surface area contributed by atoms with Crippen LogP contribution >= 0.6 is 0 Å². The van der Waals surface area contributed by atoms with Crippen molar-refractivity contribution in [1.82, 2.24) is 0 Å². The molecule has 0 aliphatic heterocycles. The van der Waals surface area contributed by atoms with Gasteiger partial charge in [-0.15, -0.1) is 0 Å². The highest BCUT2D eigenvalue weighted by Gasteiger charge is 2.13. The van der Waals surface area contributed by atoms with Gasteiger partial charge in [0.15, 0.2) is 17.5 Å². The number of fused-ring (bicyclic) bond motifs is 1. The molecule has 0 radical (unpaired) electrons. The molecular weight excluding hydrogens is 345 g/mol. The van der Waals surface area contributed by atoms with Crippen LogP contribution in [0.15, 0.2) is 48.5 Å². The van der Waals surface area contributed by atoms with Crippen LogP contribution in [0.3, 0.4) is 0 Å². The quantitative estimate of drug-likeness (QED) is 0.265. The maximum atomic E-state index is 13.8. The van der Waals surface area contributed by atoms with Crippen LogP contribution < -0.4 is 0 Å². The maximum absolute atomic E-state index is 13.8. The number of rotatable bonds is 5. The molecular formula is C24H21F3. The summed E-state index contributed by atoms with van der Waals surface area (Å²) < 4.78 is 40.5. The van der Waals surface area contributed by atoms with Crippen LogP contribution in [0.1, 0.15) is 49.3 Å². The molecule has 138 valence electrons. The van der Waals surface area contributed by atoms with Gasteiger partial charge >= 0.3 is 0 Å². The zero-order valence-electron chi connectivity index (χ0n) is 15.3. The standard InChI is InChI=1S/C24H21F3/c1-2-3-4-5-6-17-7-9-18(10-8-17)11-12-19-13-14-21-20(15-19)16-22(25)24(27)23(21)26/h7-10,13-16H,2-6H2,1H3. The normalized spacial score (nSPS) is 10.7. The average Bonchev–Trinajstić information content (AvgIpc) is 2.68. The Morgan fingerprint density at radius 2 is 1.44 bits per heavy atom. The van der Waals surface area contributed by atoms with Crippen LogP contribution in [-0.4, -0.2) is 0 Å². The van der Waals surface area contributed by atoms with E-state index in [-0.39, 0.29) is 5.39 Å². The summed E-state index contributed by atoms with van der Waals surface area (Å²) in [6, 6.07) is 13.7. The predicted octanol–water partition coefficient (Wildman–Crippen LogP) is 6.78. The summed E-state index contributed by atoms with van der Waals surface area (Å²) in [5.74, 6) is 2.25. The van der Waals surface area contributed by atoms with Gasteiger partial charge in [0.2, 0.25) is 0 Å². The lowest BCUT2D eigenvalue weighted by Crippen LogP contribution is -1.92. The summed E-state index contributed by atoms with van der Waals surface area (Å²) in [6.07, 6.45) is 6.04. The van der Waals surface area contributed by atoms with Crippen LogP contribution in [0, 0.1) is 29.3 Å². The molecule has 0 aliphatic carbocycles. The van der Waals surface area contributed by atoms with E-state index in [0.29, 0.717) is 10.9 Å². The zero-order valence-corrected chi connectivity index (χ0v) is 15.3. The second kappa shape index (κ2) is 8.77. The molecule has 0 saturated heterocycles. The molecule has 0 nitrogen and oxygen atoms in total. The molecule has 0 fully saturated rings. The molecule has 0 unspecified atom stereocenters. The minimum absolute atomic E-state index is 0.0480. The molecule has 0 aliphatic rings. The van der Waals surface area contributed by atoms with E-state index < -0.39 is 17.5 Å². The first-order valence-corrected chi connectivity index (χ1v) is 9.26. The Hall–Kier alpha value is -2.73. The Morgan fingerprint density at radius 3 is 2.19 bits per heavy atom. The molecule has 3 aromatic carbocycles. The first-order valence-electron chi connectivity index (χ1n) is 9.26. The van der Waals surface area contributed by atoms with E-state index in [1.807, 2.05) is 12.1 Å². The van der Waals surface area contributed by atoms with Gasteiger partial charge in [0.05, 0.1) is 0 Å². The van der Waals surface area contributed by atoms with E-state index in [9.17, 15) is 13.2 Å². The summed E-state index contributed by atoms with van der Waals surface area (Å²) >= 11 is 0. The lowest BCUT2D eigenvalue weighted by Gasteiger charge is -2.03. The van der Waals surface area contributed by atoms with Crippen molar-refractivity contribution >= 4 is 10.8 Å². The Bertz CT molecular complexity index is 992. The van der Waals surface area contributed by atoms with Crippen LogP contribution in [0.4, 0.5) is 13.2 Å². The highest BCUT2D eigenvalue weighted by Crippen LogP contribution is 2.23. The molecule has 0 amide bonds. The van der Waals surface area contributed by atoms with Crippen molar-refractivity contribution in [2.75, 3.05) is 0 Å². The van der Waals surface area contributed by atoms with Crippen molar-refractivity contribution in [3.63, 3.8) is 0 Å². The van der Waals surface area contributed by atoms with Gasteiger partial charge in [-0.2, -0.15) is 0 Å². The number of hydrogen-bond donors (Lipinski definition) is 0. The van der Waals surface area contributed by atoms with Gasteiger partial charge in [-0.05, 0) is 54.1 Å². The second-order valence-electron chi connectivity index (χ2n) is 6.68. The molecule has 0 aromatic heterocycles. The Labute approximate surface area is 158 Å². The minimum Gasteiger partial charge on any atom is -0.204 e. The van der Waals surface area contributed by atoms with E-state index in [1.165, 1.54) is 37.3 Å². The molecule has 3 aromatic rings. The largest absolute Gasteiger partial charge is 0.204 e. The molecule has 0 saturated carbocycles. The molecule has 27 heavy (non-hydrogen) atoms. The third-order valence-electron chi connectivity index (χ3n) is 4.60. The predicted molar refractivity (Wildman–Crippen MR) is 104 cm³/mol. The molecule has 0 atom stereocenters. The Morgan fingerprint density at radius 1 is 0.741 bits per heavy atom. The van der Waals surface area contributed by atoms with E-state index in [0.717, 1.165) is 18.1 Å². The van der Waals surface area contributed by atoms with Gasteiger partial charge in [-0.1, -0.05) is 56.2 Å². The summed E-state index contributed by atoms with van der Waals surface area (Å²) in [4.78, 5) is 0. The number of halogens is 3. The van der Waals surface area contributed by atoms with Crippen LogP contribution in [0.2, 0.25) is 0 Å². The van der Waals surface area contributed by atoms with Crippen molar-refractivity contribution < 1.29 is 13.2 Å². The monoisotopic (exact) mass is 366 g/mol. The highest BCUT2D eigenvalue weighted by atomic mass is 19.2. The zero-order chi connectivity index (χ0) is 19.2. The summed E-state index contributed by atoms with van der Waals surface area (Å²) in [7, 11) is 0. The summed E-state index contributed by atoms with van der Waals surface area (Å²) in [6.45, 7) is 2.20. The SMILES string of the molecule is CCCCCCc1ccc(C#Cc2ccc3c(F)c(F)c(F)cc3c2)cc1. The van der Waals surface area contributed by atoms with E-state index >= 15 is 0 Å². The molecule has 0 heterocycles. The lowest BCUT2D eigenvalue weighted by atomic mass is 10.0. The van der Waals surface area contributed by atoms with Gasteiger partial charge in [-0.25, -0.2) is 13.2 Å². The van der Waals surface area contributed by atoms with Crippen molar-refractivity contribution in [1.29, 1.82) is 0 Å². The van der Waals surface area contributed by atoms with Crippen molar-refractivity contribution in [3.8, 4) is 11.8 Å². The third kappa shape index (κ3) is 4.71. The molecule has 3 heteroatoms. The topological polar surface area (TPSA) is 0 Å². The molecule has 0 N–H and O–H groups in total. The van der Waals surface area contributed by atoms with Crippen molar-refractivity contribution in [2.24, 2.45) is 0 Å². The lowest BCUT2D eigenvalue weighted by molar-refractivity contribution is 0.453. The van der Waals surface area contributed by atoms with Crippen LogP contribution in [-0.2, 0) is 6.42 Å². The molecule has 3 rings (SSSR count). The molecule has 0 spiro atoms. The van der Waals surface area contributed by atoms with Gasteiger partial charge < -0.3 is 0 Å². The summed E-state index contributed by atoms with van der Waals surface area (Å²) in [5, 5.41) is 0.340. The van der Waals surface area contributed by atoms with Gasteiger partial charge in [0.25, 0.3) is 0 Å². The number of aryl methyl sites for hydroxylation is 1. The van der Waals surface area contributed by atoms with Crippen molar-refractivity contribution in [3.05, 3.63) is 82.7 Å². The van der Waals surface area contributed by atoms with E-state index in [4.69, 9.17) is 0 Å². The third-order valence-corrected chi connectivity index (χ3v) is 4.60. The van der Waals surface area contributed by atoms with Gasteiger partial charge in [-0.3, -0.25) is 0 Å². The van der Waals surface area contributed by atoms with Crippen LogP contribution in [0.5, 0.6) is 0 Å². The smallest absolute Gasteiger partial charge is 0.195 e. The fraction of sp³-hybridized carbons (Fsp3) is 0.250. The fourth-order valence-electron chi connectivity index (χ4n) is 3.04. The Balaban J connectivity index is 1.74. The number of hydrogen-bond acceptors (Lipinski definition) is 0. The Kier molecular flexibility index (Phi) is 6.19. The number of benzene rings is 3. The minimum atomic E-state index is -1.45. The molecule has 0 bridgehead atoms.